The summed E-state index contributed by atoms with van der Waals surface area (Å²) < 4.78 is 4.57. The largest absolute Gasteiger partial charge is 0.469 e. The summed E-state index contributed by atoms with van der Waals surface area (Å²) in [4.78, 5) is 34.6. The van der Waals surface area contributed by atoms with Gasteiger partial charge in [0.25, 0.3) is 5.91 Å². The van der Waals surface area contributed by atoms with Crippen molar-refractivity contribution in [1.29, 1.82) is 0 Å². The molecule has 0 aliphatic heterocycles. The van der Waals surface area contributed by atoms with Crippen molar-refractivity contribution in [3.05, 3.63) is 0 Å². The number of carbonyl (C=O) groups is 3. The summed E-state index contributed by atoms with van der Waals surface area (Å²) in [5.74, 6) is -1.32. The zero-order valence-corrected chi connectivity index (χ0v) is 10.6. The monoisotopic (exact) mass is 245 g/mol. The van der Waals surface area contributed by atoms with Gasteiger partial charge in [-0.25, -0.2) is 0 Å². The molecule has 0 heterocycles. The summed E-state index contributed by atoms with van der Waals surface area (Å²) in [6.07, 6.45) is 0. The summed E-state index contributed by atoms with van der Waals surface area (Å²) in [6, 6.07) is 0. The van der Waals surface area contributed by atoms with Crippen LogP contribution in [0.1, 0.15) is 13.8 Å². The topological polar surface area (TPSA) is 87.7 Å². The average Bonchev–Trinajstić information content (AvgIpc) is 2.24. The van der Waals surface area contributed by atoms with Gasteiger partial charge < -0.3 is 4.74 Å². The summed E-state index contributed by atoms with van der Waals surface area (Å²) in [5.41, 5.74) is 4.41. The molecule has 0 aromatic carbocycles. The van der Waals surface area contributed by atoms with Crippen molar-refractivity contribution in [2.24, 2.45) is 5.92 Å². The Kier molecular flexibility index (Phi) is 6.88. The lowest BCUT2D eigenvalue weighted by atomic mass is 10.2. The van der Waals surface area contributed by atoms with Gasteiger partial charge in [0.15, 0.2) is 0 Å². The Bertz CT molecular complexity index is 293. The average molecular weight is 245 g/mol. The van der Waals surface area contributed by atoms with Crippen molar-refractivity contribution in [2.75, 3.05) is 27.2 Å². The molecule has 17 heavy (non-hydrogen) atoms. The predicted molar refractivity (Wildman–Crippen MR) is 60.6 cm³/mol. The van der Waals surface area contributed by atoms with E-state index in [-0.39, 0.29) is 30.2 Å². The van der Waals surface area contributed by atoms with E-state index in [0.717, 1.165) is 0 Å². The highest BCUT2D eigenvalue weighted by atomic mass is 16.5. The van der Waals surface area contributed by atoms with Gasteiger partial charge in [-0.1, -0.05) is 6.92 Å². The fourth-order valence-corrected chi connectivity index (χ4v) is 1.25. The summed E-state index contributed by atoms with van der Waals surface area (Å²) in [6.45, 7) is 3.50. The highest BCUT2D eigenvalue weighted by Gasteiger charge is 2.16. The minimum atomic E-state index is -0.347. The number of ether oxygens (including phenoxy) is 1. The van der Waals surface area contributed by atoms with Crippen LogP contribution in [-0.2, 0) is 19.1 Å². The second kappa shape index (κ2) is 7.61. The number of carbonyl (C=O) groups excluding carboxylic acids is 3. The van der Waals surface area contributed by atoms with Crippen LogP contribution in [0, 0.1) is 5.92 Å². The van der Waals surface area contributed by atoms with Gasteiger partial charge in [0.05, 0.1) is 19.6 Å². The molecule has 0 radical (unpaired) electrons. The molecule has 0 aromatic heterocycles. The summed E-state index contributed by atoms with van der Waals surface area (Å²) in [5, 5.41) is 0. The molecule has 0 fully saturated rings. The van der Waals surface area contributed by atoms with Crippen molar-refractivity contribution >= 4 is 17.8 Å². The number of likely N-dealkylation sites (N-methyl/N-ethyl adjacent to an activating group) is 1. The Morgan fingerprint density at radius 3 is 2.35 bits per heavy atom. The SMILES string of the molecule is COC(=O)C(C)CN(C)CC(=O)NNC(C)=O. The first-order chi connectivity index (χ1) is 7.86. The molecule has 0 aromatic rings. The number of nitrogens with zero attached hydrogens (tertiary/aromatic N) is 1. The van der Waals surface area contributed by atoms with Gasteiger partial charge in [-0.15, -0.1) is 0 Å². The van der Waals surface area contributed by atoms with Crippen molar-refractivity contribution in [3.63, 3.8) is 0 Å². The molecule has 2 N–H and O–H groups in total. The lowest BCUT2D eigenvalue weighted by molar-refractivity contribution is -0.145. The highest BCUT2D eigenvalue weighted by molar-refractivity contribution is 5.82. The van der Waals surface area contributed by atoms with Crippen LogP contribution >= 0.6 is 0 Å². The Morgan fingerprint density at radius 2 is 1.88 bits per heavy atom. The van der Waals surface area contributed by atoms with Crippen molar-refractivity contribution in [2.45, 2.75) is 13.8 Å². The molecular weight excluding hydrogens is 226 g/mol. The molecule has 0 aliphatic rings. The first kappa shape index (κ1) is 15.4. The molecule has 0 rings (SSSR count). The number of amides is 2. The first-order valence-electron chi connectivity index (χ1n) is 5.18. The predicted octanol–water partition coefficient (Wildman–Crippen LogP) is -1.11. The molecule has 1 atom stereocenters. The zero-order valence-electron chi connectivity index (χ0n) is 10.6. The zero-order chi connectivity index (χ0) is 13.4. The fraction of sp³-hybridized carbons (Fsp3) is 0.700. The first-order valence-corrected chi connectivity index (χ1v) is 5.18. The molecule has 2 amide bonds. The van der Waals surface area contributed by atoms with Gasteiger partial charge >= 0.3 is 5.97 Å². The number of hydrazine groups is 1. The molecular formula is C10H19N3O4. The second-order valence-electron chi connectivity index (χ2n) is 3.85. The summed E-state index contributed by atoms with van der Waals surface area (Å²) >= 11 is 0. The van der Waals surface area contributed by atoms with Crippen molar-refractivity contribution < 1.29 is 19.1 Å². The van der Waals surface area contributed by atoms with E-state index in [4.69, 9.17) is 0 Å². The number of hydrogen-bond donors (Lipinski definition) is 2. The molecule has 0 bridgehead atoms. The van der Waals surface area contributed by atoms with Crippen LogP contribution in [0.2, 0.25) is 0 Å². The lowest BCUT2D eigenvalue weighted by Gasteiger charge is -2.19. The van der Waals surface area contributed by atoms with Crippen LogP contribution in [0.5, 0.6) is 0 Å². The molecule has 7 nitrogen and oxygen atoms in total. The van der Waals surface area contributed by atoms with E-state index in [2.05, 4.69) is 15.6 Å². The Balaban J connectivity index is 3.92. The minimum Gasteiger partial charge on any atom is -0.469 e. The van der Waals surface area contributed by atoms with Gasteiger partial charge in [-0.05, 0) is 7.05 Å². The van der Waals surface area contributed by atoms with Gasteiger partial charge in [0.1, 0.15) is 0 Å². The fourth-order valence-electron chi connectivity index (χ4n) is 1.25. The Hall–Kier alpha value is -1.63. The van der Waals surface area contributed by atoms with Crippen LogP contribution in [-0.4, -0.2) is 49.9 Å². The third-order valence-electron chi connectivity index (χ3n) is 1.98. The van der Waals surface area contributed by atoms with Crippen LogP contribution in [0.4, 0.5) is 0 Å². The van der Waals surface area contributed by atoms with Crippen molar-refractivity contribution in [1.82, 2.24) is 15.8 Å². The third-order valence-corrected chi connectivity index (χ3v) is 1.98. The normalized spacial score (nSPS) is 11.8. The maximum atomic E-state index is 11.3. The molecule has 7 heteroatoms. The number of hydrogen-bond acceptors (Lipinski definition) is 5. The second-order valence-corrected chi connectivity index (χ2v) is 3.85. The quantitative estimate of drug-likeness (QED) is 0.474. The van der Waals surface area contributed by atoms with E-state index >= 15 is 0 Å². The Morgan fingerprint density at radius 1 is 1.29 bits per heavy atom. The standard InChI is InChI=1S/C10H19N3O4/c1-7(10(16)17-4)5-13(3)6-9(15)12-11-8(2)14/h7H,5-6H2,1-4H3,(H,11,14)(H,12,15). The molecule has 0 spiro atoms. The lowest BCUT2D eigenvalue weighted by Crippen LogP contribution is -2.45. The molecule has 0 saturated heterocycles. The smallest absolute Gasteiger partial charge is 0.309 e. The van der Waals surface area contributed by atoms with E-state index in [0.29, 0.717) is 6.54 Å². The van der Waals surface area contributed by atoms with Gasteiger partial charge in [0, 0.05) is 13.5 Å². The summed E-state index contributed by atoms with van der Waals surface area (Å²) in [7, 11) is 3.02. The minimum absolute atomic E-state index is 0.0849. The van der Waals surface area contributed by atoms with Crippen LogP contribution in [0.3, 0.4) is 0 Å². The Labute approximate surface area is 100 Å². The van der Waals surface area contributed by atoms with Crippen LogP contribution in [0.15, 0.2) is 0 Å². The maximum absolute atomic E-state index is 11.3. The van der Waals surface area contributed by atoms with Gasteiger partial charge in [-0.2, -0.15) is 0 Å². The van der Waals surface area contributed by atoms with Gasteiger partial charge in [-0.3, -0.25) is 30.1 Å². The van der Waals surface area contributed by atoms with Gasteiger partial charge in [0.2, 0.25) is 5.91 Å². The van der Waals surface area contributed by atoms with Crippen LogP contribution < -0.4 is 10.9 Å². The number of methoxy groups -OCH3 is 1. The maximum Gasteiger partial charge on any atom is 0.309 e. The number of nitrogens with one attached hydrogen (secondary N) is 2. The number of rotatable bonds is 5. The van der Waals surface area contributed by atoms with Crippen LogP contribution in [0.25, 0.3) is 0 Å². The molecule has 0 saturated carbocycles. The highest BCUT2D eigenvalue weighted by Crippen LogP contribution is 1.99. The molecule has 1 unspecified atom stereocenters. The number of esters is 1. The van der Waals surface area contributed by atoms with Crippen molar-refractivity contribution in [3.8, 4) is 0 Å². The molecule has 0 aliphatic carbocycles. The molecule has 98 valence electrons. The van der Waals surface area contributed by atoms with E-state index in [1.807, 2.05) is 0 Å². The van der Waals surface area contributed by atoms with E-state index in [1.165, 1.54) is 14.0 Å². The van der Waals surface area contributed by atoms with E-state index < -0.39 is 0 Å². The van der Waals surface area contributed by atoms with E-state index in [9.17, 15) is 14.4 Å². The third kappa shape index (κ3) is 7.29. The van der Waals surface area contributed by atoms with E-state index in [1.54, 1.807) is 18.9 Å².